The predicted octanol–water partition coefficient (Wildman–Crippen LogP) is 4.39. The highest BCUT2D eigenvalue weighted by atomic mass is 32.2. The number of piperidine rings is 1. The van der Waals surface area contributed by atoms with Crippen LogP contribution in [0.3, 0.4) is 0 Å². The molecule has 0 aliphatic carbocycles. The summed E-state index contributed by atoms with van der Waals surface area (Å²) in [4.78, 5) is 25.5. The Hall–Kier alpha value is -3.29. The summed E-state index contributed by atoms with van der Waals surface area (Å²) in [6, 6.07) is 22.1. The van der Waals surface area contributed by atoms with E-state index < -0.39 is 10.0 Å². The normalized spacial score (nSPS) is 14.5. The van der Waals surface area contributed by atoms with E-state index in [2.05, 4.69) is 5.32 Å². The van der Waals surface area contributed by atoms with Crippen LogP contribution in [0, 0.1) is 0 Å². The van der Waals surface area contributed by atoms with E-state index in [1.165, 1.54) is 16.4 Å². The topological polar surface area (TPSA) is 83.5 Å². The quantitative estimate of drug-likeness (QED) is 0.502. The number of anilines is 1. The van der Waals surface area contributed by atoms with Crippen molar-refractivity contribution in [1.82, 2.24) is 4.31 Å². The van der Waals surface area contributed by atoms with E-state index >= 15 is 0 Å². The summed E-state index contributed by atoms with van der Waals surface area (Å²) in [6.45, 7) is 1.11. The van der Waals surface area contributed by atoms with Gasteiger partial charge >= 0.3 is 0 Å². The highest BCUT2D eigenvalue weighted by Gasteiger charge is 2.25. The van der Waals surface area contributed by atoms with Crippen LogP contribution in [0.4, 0.5) is 5.69 Å². The van der Waals surface area contributed by atoms with Gasteiger partial charge in [-0.05, 0) is 49.2 Å². The lowest BCUT2D eigenvalue weighted by atomic mass is 10.0. The summed E-state index contributed by atoms with van der Waals surface area (Å²) < 4.78 is 27.1. The van der Waals surface area contributed by atoms with Crippen molar-refractivity contribution in [2.75, 3.05) is 25.0 Å². The molecular weight excluding hydrogens is 436 g/mol. The SMILES string of the molecule is O=C(CNc1cccc(C(=O)c2ccccc2)c1)c1ccc(S(=O)(=O)N2CCCCC2)cc1. The first-order valence-electron chi connectivity index (χ1n) is 11.0. The van der Waals surface area contributed by atoms with Gasteiger partial charge in [0.2, 0.25) is 10.0 Å². The number of hydrogen-bond donors (Lipinski definition) is 1. The van der Waals surface area contributed by atoms with Crippen molar-refractivity contribution < 1.29 is 18.0 Å². The third-order valence-electron chi connectivity index (χ3n) is 5.74. The van der Waals surface area contributed by atoms with Gasteiger partial charge in [-0.1, -0.05) is 48.9 Å². The van der Waals surface area contributed by atoms with Crippen LogP contribution in [0.25, 0.3) is 0 Å². The van der Waals surface area contributed by atoms with Gasteiger partial charge in [0.25, 0.3) is 0 Å². The van der Waals surface area contributed by atoms with Gasteiger partial charge in [-0.15, -0.1) is 0 Å². The molecule has 6 nitrogen and oxygen atoms in total. The largest absolute Gasteiger partial charge is 0.378 e. The Balaban J connectivity index is 1.40. The third-order valence-corrected chi connectivity index (χ3v) is 7.66. The number of nitrogens with zero attached hydrogens (tertiary/aromatic N) is 1. The average Bonchev–Trinajstić information content (AvgIpc) is 2.88. The fraction of sp³-hybridized carbons (Fsp3) is 0.231. The molecule has 7 heteroatoms. The van der Waals surface area contributed by atoms with E-state index in [9.17, 15) is 18.0 Å². The van der Waals surface area contributed by atoms with Gasteiger partial charge in [-0.3, -0.25) is 9.59 Å². The van der Waals surface area contributed by atoms with Crippen molar-refractivity contribution in [2.45, 2.75) is 24.2 Å². The maximum Gasteiger partial charge on any atom is 0.243 e. The molecule has 0 amide bonds. The molecule has 1 N–H and O–H groups in total. The zero-order valence-electron chi connectivity index (χ0n) is 18.2. The van der Waals surface area contributed by atoms with Crippen LogP contribution in [0.5, 0.6) is 0 Å². The molecule has 0 atom stereocenters. The number of sulfonamides is 1. The molecule has 170 valence electrons. The van der Waals surface area contributed by atoms with Crippen molar-refractivity contribution in [2.24, 2.45) is 0 Å². The molecule has 0 radical (unpaired) electrons. The monoisotopic (exact) mass is 462 g/mol. The summed E-state index contributed by atoms with van der Waals surface area (Å²) in [7, 11) is -3.52. The van der Waals surface area contributed by atoms with Gasteiger partial charge in [0.15, 0.2) is 11.6 Å². The minimum atomic E-state index is -3.52. The van der Waals surface area contributed by atoms with Crippen molar-refractivity contribution >= 4 is 27.3 Å². The lowest BCUT2D eigenvalue weighted by molar-refractivity contribution is 0.100. The number of carbonyl (C=O) groups is 2. The minimum Gasteiger partial charge on any atom is -0.378 e. The van der Waals surface area contributed by atoms with Gasteiger partial charge in [-0.25, -0.2) is 8.42 Å². The van der Waals surface area contributed by atoms with E-state index in [0.29, 0.717) is 35.5 Å². The standard InChI is InChI=1S/C26H26N2O4S/c29-25(20-12-14-24(15-13-20)33(31,32)28-16-5-2-6-17-28)19-27-23-11-7-10-22(18-23)26(30)21-8-3-1-4-9-21/h1,3-4,7-15,18,27H,2,5-6,16-17,19H2. The Morgan fingerprint density at radius 2 is 1.42 bits per heavy atom. The summed E-state index contributed by atoms with van der Waals surface area (Å²) in [5.74, 6) is -0.257. The molecule has 0 spiro atoms. The second kappa shape index (κ2) is 10.1. The Labute approximate surface area is 194 Å². The Kier molecular flexibility index (Phi) is 7.01. The van der Waals surface area contributed by atoms with Crippen LogP contribution >= 0.6 is 0 Å². The molecule has 0 bridgehead atoms. The predicted molar refractivity (Wildman–Crippen MR) is 128 cm³/mol. The third kappa shape index (κ3) is 5.38. The number of nitrogens with one attached hydrogen (secondary N) is 1. The fourth-order valence-electron chi connectivity index (χ4n) is 3.88. The van der Waals surface area contributed by atoms with Crippen LogP contribution < -0.4 is 5.32 Å². The first-order chi connectivity index (χ1) is 15.9. The van der Waals surface area contributed by atoms with Gasteiger partial charge in [0.1, 0.15) is 0 Å². The molecule has 33 heavy (non-hydrogen) atoms. The number of ketones is 2. The van der Waals surface area contributed by atoms with Gasteiger partial charge < -0.3 is 5.32 Å². The zero-order chi connectivity index (χ0) is 23.3. The average molecular weight is 463 g/mol. The Morgan fingerprint density at radius 1 is 0.758 bits per heavy atom. The number of hydrogen-bond acceptors (Lipinski definition) is 5. The van der Waals surface area contributed by atoms with E-state index in [4.69, 9.17) is 0 Å². The molecule has 1 saturated heterocycles. The second-order valence-corrected chi connectivity index (χ2v) is 9.98. The van der Waals surface area contributed by atoms with E-state index in [1.807, 2.05) is 18.2 Å². The number of rotatable bonds is 8. The fourth-order valence-corrected chi connectivity index (χ4v) is 5.40. The first kappa shape index (κ1) is 22.9. The summed E-state index contributed by atoms with van der Waals surface area (Å²) >= 11 is 0. The van der Waals surface area contributed by atoms with Gasteiger partial charge in [-0.2, -0.15) is 4.31 Å². The lowest BCUT2D eigenvalue weighted by Gasteiger charge is -2.25. The van der Waals surface area contributed by atoms with Crippen LogP contribution in [-0.2, 0) is 10.0 Å². The molecule has 0 unspecified atom stereocenters. The summed E-state index contributed by atoms with van der Waals surface area (Å²) in [6.07, 6.45) is 2.80. The molecule has 1 fully saturated rings. The van der Waals surface area contributed by atoms with E-state index in [-0.39, 0.29) is 23.0 Å². The highest BCUT2D eigenvalue weighted by Crippen LogP contribution is 2.21. The van der Waals surface area contributed by atoms with Crippen LogP contribution in [0.2, 0.25) is 0 Å². The summed E-state index contributed by atoms with van der Waals surface area (Å²) in [5.41, 5.74) is 2.22. The maximum absolute atomic E-state index is 12.8. The minimum absolute atomic E-state index is 0.0290. The number of Topliss-reactive ketones (excluding diaryl/α,β-unsaturated/α-hetero) is 1. The van der Waals surface area contributed by atoms with Crippen LogP contribution in [0.1, 0.15) is 45.5 Å². The Bertz CT molecular complexity index is 1230. The van der Waals surface area contributed by atoms with Crippen LogP contribution in [0.15, 0.2) is 83.8 Å². The van der Waals surface area contributed by atoms with E-state index in [0.717, 1.165) is 19.3 Å². The molecule has 4 rings (SSSR count). The van der Waals surface area contributed by atoms with Crippen molar-refractivity contribution in [1.29, 1.82) is 0 Å². The first-order valence-corrected chi connectivity index (χ1v) is 12.5. The molecule has 1 aliphatic heterocycles. The highest BCUT2D eigenvalue weighted by molar-refractivity contribution is 7.89. The van der Waals surface area contributed by atoms with Crippen molar-refractivity contribution in [3.63, 3.8) is 0 Å². The maximum atomic E-state index is 12.8. The number of carbonyl (C=O) groups excluding carboxylic acids is 2. The second-order valence-electron chi connectivity index (χ2n) is 8.04. The van der Waals surface area contributed by atoms with Crippen LogP contribution in [-0.4, -0.2) is 43.9 Å². The Morgan fingerprint density at radius 3 is 2.12 bits per heavy atom. The number of benzene rings is 3. The molecule has 3 aromatic carbocycles. The lowest BCUT2D eigenvalue weighted by Crippen LogP contribution is -2.35. The van der Waals surface area contributed by atoms with Crippen molar-refractivity contribution in [3.05, 3.63) is 95.6 Å². The molecule has 1 aliphatic rings. The van der Waals surface area contributed by atoms with Crippen molar-refractivity contribution in [3.8, 4) is 0 Å². The molecular formula is C26H26N2O4S. The molecule has 3 aromatic rings. The summed E-state index contributed by atoms with van der Waals surface area (Å²) in [5, 5.41) is 3.06. The molecule has 0 saturated carbocycles. The molecule has 0 aromatic heterocycles. The zero-order valence-corrected chi connectivity index (χ0v) is 19.1. The smallest absolute Gasteiger partial charge is 0.243 e. The molecule has 1 heterocycles. The van der Waals surface area contributed by atoms with Gasteiger partial charge in [0.05, 0.1) is 11.4 Å². The van der Waals surface area contributed by atoms with E-state index in [1.54, 1.807) is 48.5 Å². The van der Waals surface area contributed by atoms with Gasteiger partial charge in [0, 0.05) is 35.5 Å².